The van der Waals surface area contributed by atoms with Crippen LogP contribution in [-0.4, -0.2) is 41.4 Å². The molecule has 0 fully saturated rings. The van der Waals surface area contributed by atoms with Gasteiger partial charge in [0.1, 0.15) is 18.0 Å². The SMILES string of the molecule is CC(C)(C)OC(=O)N1CCOc2ccc(C(=O)CCl)cc2C1. The third-order valence-electron chi connectivity index (χ3n) is 3.14. The minimum absolute atomic E-state index is 0.0740. The van der Waals surface area contributed by atoms with Crippen molar-refractivity contribution in [1.29, 1.82) is 0 Å². The molecule has 6 heteroatoms. The molecule has 2 rings (SSSR count). The van der Waals surface area contributed by atoms with Gasteiger partial charge in [0.15, 0.2) is 5.78 Å². The Bertz CT molecular complexity index is 580. The number of rotatable bonds is 2. The second kappa shape index (κ2) is 6.57. The first-order valence-corrected chi connectivity index (χ1v) is 7.66. The van der Waals surface area contributed by atoms with Crippen molar-refractivity contribution >= 4 is 23.5 Å². The monoisotopic (exact) mass is 325 g/mol. The topological polar surface area (TPSA) is 55.8 Å². The highest BCUT2D eigenvalue weighted by atomic mass is 35.5. The zero-order valence-corrected chi connectivity index (χ0v) is 13.8. The van der Waals surface area contributed by atoms with Crippen molar-refractivity contribution in [2.75, 3.05) is 19.0 Å². The van der Waals surface area contributed by atoms with Crippen LogP contribution in [0.3, 0.4) is 0 Å². The average Bonchev–Trinajstić information content (AvgIpc) is 2.66. The van der Waals surface area contributed by atoms with Crippen LogP contribution in [-0.2, 0) is 11.3 Å². The lowest BCUT2D eigenvalue weighted by Gasteiger charge is -2.26. The second-order valence-corrected chi connectivity index (χ2v) is 6.40. The smallest absolute Gasteiger partial charge is 0.410 e. The normalized spacial score (nSPS) is 14.6. The van der Waals surface area contributed by atoms with E-state index in [1.807, 2.05) is 20.8 Å². The number of nitrogens with zero attached hydrogens (tertiary/aromatic N) is 1. The van der Waals surface area contributed by atoms with E-state index in [0.29, 0.717) is 31.0 Å². The maximum Gasteiger partial charge on any atom is 0.410 e. The molecule has 120 valence electrons. The van der Waals surface area contributed by atoms with Crippen molar-refractivity contribution < 1.29 is 19.1 Å². The zero-order valence-electron chi connectivity index (χ0n) is 13.0. The summed E-state index contributed by atoms with van der Waals surface area (Å²) < 4.78 is 11.0. The Labute approximate surface area is 135 Å². The van der Waals surface area contributed by atoms with Crippen LogP contribution in [0, 0.1) is 0 Å². The van der Waals surface area contributed by atoms with Crippen LogP contribution >= 0.6 is 11.6 Å². The lowest BCUT2D eigenvalue weighted by molar-refractivity contribution is 0.0225. The molecule has 1 aliphatic rings. The number of halogens is 1. The van der Waals surface area contributed by atoms with Crippen molar-refractivity contribution in [3.05, 3.63) is 29.3 Å². The van der Waals surface area contributed by atoms with E-state index in [0.717, 1.165) is 5.56 Å². The van der Waals surface area contributed by atoms with Crippen molar-refractivity contribution in [3.63, 3.8) is 0 Å². The van der Waals surface area contributed by atoms with Crippen LogP contribution in [0.25, 0.3) is 0 Å². The van der Waals surface area contributed by atoms with E-state index in [-0.39, 0.29) is 11.7 Å². The third-order valence-corrected chi connectivity index (χ3v) is 3.38. The molecule has 1 heterocycles. The molecule has 5 nitrogen and oxygen atoms in total. The Morgan fingerprint density at radius 1 is 1.36 bits per heavy atom. The van der Waals surface area contributed by atoms with E-state index < -0.39 is 11.7 Å². The number of ketones is 1. The number of hydrogen-bond donors (Lipinski definition) is 0. The molecule has 1 amide bonds. The van der Waals surface area contributed by atoms with Gasteiger partial charge in [-0.2, -0.15) is 0 Å². The molecule has 0 N–H and O–H groups in total. The highest BCUT2D eigenvalue weighted by Crippen LogP contribution is 2.25. The lowest BCUT2D eigenvalue weighted by Crippen LogP contribution is -2.37. The number of fused-ring (bicyclic) bond motifs is 1. The average molecular weight is 326 g/mol. The largest absolute Gasteiger partial charge is 0.491 e. The molecule has 0 unspecified atom stereocenters. The predicted molar refractivity (Wildman–Crippen MR) is 83.6 cm³/mol. The quantitative estimate of drug-likeness (QED) is 0.618. The zero-order chi connectivity index (χ0) is 16.3. The van der Waals surface area contributed by atoms with Crippen LogP contribution in [0.1, 0.15) is 36.7 Å². The number of ether oxygens (including phenoxy) is 2. The standard InChI is InChI=1S/C16H20ClNO4/c1-16(2,3)22-15(20)18-6-7-21-14-5-4-11(13(19)9-17)8-12(14)10-18/h4-5,8H,6-7,9-10H2,1-3H3. The molecular weight excluding hydrogens is 306 g/mol. The third kappa shape index (κ3) is 4.13. The molecule has 0 saturated carbocycles. The van der Waals surface area contributed by atoms with Gasteiger partial charge in [0.2, 0.25) is 0 Å². The van der Waals surface area contributed by atoms with Crippen LogP contribution in [0.15, 0.2) is 18.2 Å². The highest BCUT2D eigenvalue weighted by molar-refractivity contribution is 6.30. The van der Waals surface area contributed by atoms with Gasteiger partial charge in [-0.05, 0) is 39.0 Å². The summed E-state index contributed by atoms with van der Waals surface area (Å²) in [6.45, 7) is 6.63. The van der Waals surface area contributed by atoms with Gasteiger partial charge < -0.3 is 14.4 Å². The van der Waals surface area contributed by atoms with E-state index in [4.69, 9.17) is 21.1 Å². The Kier molecular flexibility index (Phi) is 4.96. The van der Waals surface area contributed by atoms with Gasteiger partial charge in [-0.3, -0.25) is 4.79 Å². The molecule has 22 heavy (non-hydrogen) atoms. The number of alkyl halides is 1. The molecule has 1 aromatic carbocycles. The number of hydrogen-bond acceptors (Lipinski definition) is 4. The summed E-state index contributed by atoms with van der Waals surface area (Å²) in [5.41, 5.74) is 0.742. The maximum absolute atomic E-state index is 12.2. The summed E-state index contributed by atoms with van der Waals surface area (Å²) in [5.74, 6) is 0.449. The van der Waals surface area contributed by atoms with Gasteiger partial charge in [-0.25, -0.2) is 4.79 Å². The molecule has 1 aliphatic heterocycles. The summed E-state index contributed by atoms with van der Waals surface area (Å²) in [5, 5.41) is 0. The van der Waals surface area contributed by atoms with Gasteiger partial charge in [-0.15, -0.1) is 11.6 Å². The molecule has 0 aromatic heterocycles. The van der Waals surface area contributed by atoms with E-state index in [1.54, 1.807) is 23.1 Å². The van der Waals surface area contributed by atoms with Crippen LogP contribution < -0.4 is 4.74 Å². The summed E-state index contributed by atoms with van der Waals surface area (Å²) in [6, 6.07) is 5.16. The summed E-state index contributed by atoms with van der Waals surface area (Å²) in [6.07, 6.45) is -0.391. The Morgan fingerprint density at radius 2 is 2.09 bits per heavy atom. The molecule has 0 bridgehead atoms. The fraction of sp³-hybridized carbons (Fsp3) is 0.500. The molecule has 0 radical (unpaired) electrons. The van der Waals surface area contributed by atoms with Crippen LogP contribution in [0.4, 0.5) is 4.79 Å². The van der Waals surface area contributed by atoms with Gasteiger partial charge in [-0.1, -0.05) is 0 Å². The van der Waals surface area contributed by atoms with Gasteiger partial charge in [0.05, 0.1) is 19.0 Å². The van der Waals surface area contributed by atoms with Crippen molar-refractivity contribution in [3.8, 4) is 5.75 Å². The maximum atomic E-state index is 12.2. The Hall–Kier alpha value is -1.75. The number of Topliss-reactive ketones (excluding diaryl/α,β-unsaturated/α-hetero) is 1. The van der Waals surface area contributed by atoms with Crippen molar-refractivity contribution in [1.82, 2.24) is 4.90 Å². The summed E-state index contributed by atoms with van der Waals surface area (Å²) in [7, 11) is 0. The number of carbonyl (C=O) groups excluding carboxylic acids is 2. The number of amides is 1. The van der Waals surface area contributed by atoms with Gasteiger partial charge >= 0.3 is 6.09 Å². The Balaban J connectivity index is 2.21. The van der Waals surface area contributed by atoms with Gasteiger partial charge in [0.25, 0.3) is 0 Å². The number of carbonyl (C=O) groups is 2. The highest BCUT2D eigenvalue weighted by Gasteiger charge is 2.25. The molecule has 0 aliphatic carbocycles. The Morgan fingerprint density at radius 3 is 2.73 bits per heavy atom. The molecule has 0 spiro atoms. The minimum Gasteiger partial charge on any atom is -0.491 e. The first-order valence-electron chi connectivity index (χ1n) is 7.13. The minimum atomic E-state index is -0.552. The van der Waals surface area contributed by atoms with Crippen molar-refractivity contribution in [2.24, 2.45) is 0 Å². The van der Waals surface area contributed by atoms with Crippen LogP contribution in [0.2, 0.25) is 0 Å². The first-order chi connectivity index (χ1) is 10.3. The van der Waals surface area contributed by atoms with E-state index in [2.05, 4.69) is 0 Å². The predicted octanol–water partition coefficient (Wildman–Crippen LogP) is 3.24. The molecule has 0 atom stereocenters. The van der Waals surface area contributed by atoms with E-state index in [1.165, 1.54) is 0 Å². The van der Waals surface area contributed by atoms with Gasteiger partial charge in [0, 0.05) is 11.1 Å². The summed E-state index contributed by atoms with van der Waals surface area (Å²) >= 11 is 5.59. The summed E-state index contributed by atoms with van der Waals surface area (Å²) in [4.78, 5) is 25.5. The second-order valence-electron chi connectivity index (χ2n) is 6.13. The van der Waals surface area contributed by atoms with Crippen LogP contribution in [0.5, 0.6) is 5.75 Å². The number of benzene rings is 1. The fourth-order valence-corrected chi connectivity index (χ4v) is 2.28. The van der Waals surface area contributed by atoms with Crippen molar-refractivity contribution in [2.45, 2.75) is 32.9 Å². The molecule has 1 aromatic rings. The lowest BCUT2D eigenvalue weighted by atomic mass is 10.1. The molecule has 0 saturated heterocycles. The molecular formula is C16H20ClNO4. The first kappa shape index (κ1) is 16.6. The fourth-order valence-electron chi connectivity index (χ4n) is 2.13. The van der Waals surface area contributed by atoms with E-state index in [9.17, 15) is 9.59 Å². The van der Waals surface area contributed by atoms with E-state index >= 15 is 0 Å².